The number of β-amino-alcohol motifs (C(OH)–C–C–N with tert-alkyl or cyclic N) is 1. The van der Waals surface area contributed by atoms with Crippen LogP contribution >= 0.6 is 0 Å². The highest BCUT2D eigenvalue weighted by atomic mass is 16.3. The number of aliphatic hydroxyl groups excluding tert-OH is 1. The molecule has 0 fully saturated rings. The normalized spacial score (nSPS) is 16.8. The van der Waals surface area contributed by atoms with Crippen LogP contribution in [-0.2, 0) is 13.0 Å². The van der Waals surface area contributed by atoms with Crippen molar-refractivity contribution in [2.45, 2.75) is 25.4 Å². The van der Waals surface area contributed by atoms with Gasteiger partial charge in [0, 0.05) is 19.6 Å². The molecule has 0 amide bonds. The Balaban J connectivity index is 1.82. The van der Waals surface area contributed by atoms with Gasteiger partial charge in [-0.3, -0.25) is 4.90 Å². The molecule has 2 nitrogen and oxygen atoms in total. The zero-order valence-corrected chi connectivity index (χ0v) is 13.8. The number of benzene rings is 1. The van der Waals surface area contributed by atoms with Gasteiger partial charge in [0.1, 0.15) is 0 Å². The molecule has 1 N–H and O–H groups in total. The van der Waals surface area contributed by atoms with Crippen molar-refractivity contribution in [1.82, 2.24) is 4.90 Å². The molecule has 1 atom stereocenters. The lowest BCUT2D eigenvalue weighted by Crippen LogP contribution is -2.37. The lowest BCUT2D eigenvalue weighted by atomic mass is 9.64. The van der Waals surface area contributed by atoms with Crippen molar-refractivity contribution in [3.63, 3.8) is 0 Å². The zero-order valence-electron chi connectivity index (χ0n) is 13.8. The molecule has 1 aliphatic heterocycles. The van der Waals surface area contributed by atoms with E-state index in [1.807, 2.05) is 18.2 Å². The fraction of sp³-hybridized carbons (Fsp3) is 0.300. The van der Waals surface area contributed by atoms with Crippen LogP contribution in [0.25, 0.3) is 0 Å². The largest absolute Gasteiger partial charge is 0.393 e. The highest BCUT2D eigenvalue weighted by Gasteiger charge is 2.18. The van der Waals surface area contributed by atoms with Gasteiger partial charge >= 0.3 is 0 Å². The standard InChI is InChI=1S/C20H26BNO/c1-3-5-11-19(8-4-2)21-14-20(23)16-22-13-12-17-9-6-7-10-18(17)15-22/h3-11,20-21,23H,1-2,12-16H2/b11-5-,19-8+. The summed E-state index contributed by atoms with van der Waals surface area (Å²) in [5.74, 6) is 0. The summed E-state index contributed by atoms with van der Waals surface area (Å²) in [5, 5.41) is 10.4. The monoisotopic (exact) mass is 307 g/mol. The Morgan fingerprint density at radius 1 is 1.26 bits per heavy atom. The molecule has 1 aliphatic rings. The van der Waals surface area contributed by atoms with Crippen molar-refractivity contribution >= 4 is 7.28 Å². The SMILES string of the molecule is C=C/C=C\C(BCC(O)CN1CCc2ccccc2C1)=C/C=C. The molecule has 0 bridgehead atoms. The van der Waals surface area contributed by atoms with Gasteiger partial charge in [-0.2, -0.15) is 0 Å². The first-order valence-corrected chi connectivity index (χ1v) is 8.31. The minimum Gasteiger partial charge on any atom is -0.393 e. The highest BCUT2D eigenvalue weighted by Crippen LogP contribution is 2.18. The van der Waals surface area contributed by atoms with E-state index in [9.17, 15) is 5.11 Å². The molecule has 0 saturated heterocycles. The van der Waals surface area contributed by atoms with Gasteiger partial charge in [0.2, 0.25) is 0 Å². The Labute approximate surface area is 140 Å². The van der Waals surface area contributed by atoms with E-state index in [1.165, 1.54) is 16.6 Å². The maximum atomic E-state index is 10.4. The van der Waals surface area contributed by atoms with Crippen LogP contribution in [0, 0.1) is 0 Å². The van der Waals surface area contributed by atoms with Crippen LogP contribution in [0.5, 0.6) is 0 Å². The molecule has 0 aliphatic carbocycles. The lowest BCUT2D eigenvalue weighted by Gasteiger charge is -2.30. The molecule has 1 unspecified atom stereocenters. The Morgan fingerprint density at radius 3 is 2.78 bits per heavy atom. The van der Waals surface area contributed by atoms with E-state index in [0.29, 0.717) is 0 Å². The first-order valence-electron chi connectivity index (χ1n) is 8.31. The predicted octanol–water partition coefficient (Wildman–Crippen LogP) is 3.07. The Bertz CT molecular complexity index is 591. The van der Waals surface area contributed by atoms with Crippen LogP contribution in [0.4, 0.5) is 0 Å². The van der Waals surface area contributed by atoms with E-state index >= 15 is 0 Å². The summed E-state index contributed by atoms with van der Waals surface area (Å²) in [6, 6.07) is 8.60. The second-order valence-electron chi connectivity index (χ2n) is 6.02. The summed E-state index contributed by atoms with van der Waals surface area (Å²) in [6.45, 7) is 10.1. The number of rotatable bonds is 8. The number of allylic oxidation sites excluding steroid dienone is 6. The zero-order chi connectivity index (χ0) is 16.5. The summed E-state index contributed by atoms with van der Waals surface area (Å²) in [6.07, 6.45) is 11.0. The van der Waals surface area contributed by atoms with Gasteiger partial charge in [-0.1, -0.05) is 73.3 Å². The Morgan fingerprint density at radius 2 is 2.04 bits per heavy atom. The molecule has 120 valence electrons. The van der Waals surface area contributed by atoms with Crippen LogP contribution < -0.4 is 0 Å². The quantitative estimate of drug-likeness (QED) is 0.589. The molecular weight excluding hydrogens is 281 g/mol. The van der Waals surface area contributed by atoms with Crippen molar-refractivity contribution in [1.29, 1.82) is 0 Å². The van der Waals surface area contributed by atoms with Crippen LogP contribution in [0.1, 0.15) is 11.1 Å². The number of fused-ring (bicyclic) bond motifs is 1. The maximum Gasteiger partial charge on any atom is 0.160 e. The summed E-state index contributed by atoms with van der Waals surface area (Å²) in [5.41, 5.74) is 4.01. The number of nitrogens with zero attached hydrogens (tertiary/aromatic N) is 1. The Kier molecular flexibility index (Phi) is 7.11. The molecule has 0 aromatic heterocycles. The van der Waals surface area contributed by atoms with Crippen molar-refractivity contribution in [3.05, 3.63) is 84.4 Å². The van der Waals surface area contributed by atoms with Gasteiger partial charge in [-0.15, -0.1) is 0 Å². The number of hydrogen-bond donors (Lipinski definition) is 1. The van der Waals surface area contributed by atoms with Gasteiger partial charge < -0.3 is 5.11 Å². The third kappa shape index (κ3) is 5.70. The summed E-state index contributed by atoms with van der Waals surface area (Å²) >= 11 is 0. The molecule has 1 aromatic rings. The van der Waals surface area contributed by atoms with Crippen molar-refractivity contribution in [3.8, 4) is 0 Å². The summed E-state index contributed by atoms with van der Waals surface area (Å²) < 4.78 is 0. The van der Waals surface area contributed by atoms with Gasteiger partial charge in [0.25, 0.3) is 0 Å². The fourth-order valence-electron chi connectivity index (χ4n) is 3.00. The Hall–Kier alpha value is -1.84. The molecular formula is C20H26BNO. The molecule has 1 heterocycles. The second kappa shape index (κ2) is 9.34. The maximum absolute atomic E-state index is 10.4. The van der Waals surface area contributed by atoms with E-state index in [1.54, 1.807) is 12.2 Å². The van der Waals surface area contributed by atoms with Crippen LogP contribution in [0.15, 0.2) is 73.3 Å². The van der Waals surface area contributed by atoms with Crippen molar-refractivity contribution < 1.29 is 5.11 Å². The van der Waals surface area contributed by atoms with E-state index < -0.39 is 0 Å². The third-order valence-corrected chi connectivity index (χ3v) is 4.22. The molecule has 0 radical (unpaired) electrons. The van der Waals surface area contributed by atoms with Gasteiger partial charge in [0.15, 0.2) is 7.28 Å². The minimum absolute atomic E-state index is 0.300. The minimum atomic E-state index is -0.300. The van der Waals surface area contributed by atoms with E-state index in [0.717, 1.165) is 39.7 Å². The first-order chi connectivity index (χ1) is 11.2. The van der Waals surface area contributed by atoms with Crippen molar-refractivity contribution in [2.24, 2.45) is 0 Å². The molecule has 3 heteroatoms. The third-order valence-electron chi connectivity index (χ3n) is 4.22. The van der Waals surface area contributed by atoms with Crippen molar-refractivity contribution in [2.75, 3.05) is 13.1 Å². The molecule has 2 rings (SSSR count). The number of aliphatic hydroxyl groups is 1. The van der Waals surface area contributed by atoms with Gasteiger partial charge in [-0.25, -0.2) is 0 Å². The smallest absolute Gasteiger partial charge is 0.160 e. The van der Waals surface area contributed by atoms with Crippen LogP contribution in [0.3, 0.4) is 0 Å². The fourth-order valence-corrected chi connectivity index (χ4v) is 3.00. The van der Waals surface area contributed by atoms with E-state index in [-0.39, 0.29) is 6.10 Å². The molecule has 1 aromatic carbocycles. The molecule has 0 saturated carbocycles. The average molecular weight is 307 g/mol. The lowest BCUT2D eigenvalue weighted by molar-refractivity contribution is 0.119. The second-order valence-corrected chi connectivity index (χ2v) is 6.02. The summed E-state index contributed by atoms with van der Waals surface area (Å²) in [4.78, 5) is 2.35. The molecule has 23 heavy (non-hydrogen) atoms. The highest BCUT2D eigenvalue weighted by molar-refractivity contribution is 6.46. The topological polar surface area (TPSA) is 23.5 Å². The average Bonchev–Trinajstić information content (AvgIpc) is 2.57. The van der Waals surface area contributed by atoms with Crippen LogP contribution in [0.2, 0.25) is 6.32 Å². The van der Waals surface area contributed by atoms with Gasteiger partial charge in [0.05, 0.1) is 6.10 Å². The van der Waals surface area contributed by atoms with Crippen LogP contribution in [-0.4, -0.2) is 36.5 Å². The predicted molar refractivity (Wildman–Crippen MR) is 101 cm³/mol. The van der Waals surface area contributed by atoms with E-state index in [4.69, 9.17) is 0 Å². The summed E-state index contributed by atoms with van der Waals surface area (Å²) in [7, 11) is 0.849. The van der Waals surface area contributed by atoms with Gasteiger partial charge in [-0.05, 0) is 23.9 Å². The number of hydrogen-bond acceptors (Lipinski definition) is 2. The van der Waals surface area contributed by atoms with E-state index in [2.05, 4.69) is 42.3 Å². The first kappa shape index (κ1) is 17.5. The molecule has 0 spiro atoms.